The molecule has 0 unspecified atom stereocenters. The van der Waals surface area contributed by atoms with E-state index in [1.54, 1.807) is 0 Å². The second-order valence-corrected chi connectivity index (χ2v) is 2.81. The Morgan fingerprint density at radius 2 is 2.08 bits per heavy atom. The van der Waals surface area contributed by atoms with Crippen molar-refractivity contribution < 1.29 is 4.79 Å². The van der Waals surface area contributed by atoms with E-state index in [0.29, 0.717) is 6.42 Å². The van der Waals surface area contributed by atoms with Crippen molar-refractivity contribution in [3.63, 3.8) is 0 Å². The molecule has 1 atom stereocenters. The van der Waals surface area contributed by atoms with Gasteiger partial charge in [0.15, 0.2) is 6.04 Å². The Hall–Kier alpha value is -1.33. The molecule has 0 aromatic heterocycles. The molecule has 0 aliphatic carbocycles. The van der Waals surface area contributed by atoms with E-state index in [9.17, 15) is 9.70 Å². The van der Waals surface area contributed by atoms with Crippen LogP contribution < -0.4 is 5.84 Å². The van der Waals surface area contributed by atoms with Crippen LogP contribution in [-0.4, -0.2) is 11.9 Å². The highest BCUT2D eigenvalue weighted by Gasteiger charge is 2.19. The Balaban J connectivity index is 4.22. The van der Waals surface area contributed by atoms with Gasteiger partial charge in [-0.05, 0) is 12.3 Å². The van der Waals surface area contributed by atoms with Gasteiger partial charge in [-0.1, -0.05) is 19.1 Å². The molecular formula is C6H12N4O2. The average molecular weight is 172 g/mol. The third kappa shape index (κ3) is 3.75. The normalized spacial score (nSPS) is 13.6. The number of nitroso groups, excluding NO2 is 1. The van der Waals surface area contributed by atoms with E-state index < -0.39 is 11.9 Å². The minimum atomic E-state index is -0.821. The molecule has 0 spiro atoms. The quantitative estimate of drug-likeness (QED) is 0.296. The fraction of sp³-hybridized carbons (Fsp3) is 0.833. The van der Waals surface area contributed by atoms with E-state index in [0.717, 1.165) is 0 Å². The van der Waals surface area contributed by atoms with Crippen molar-refractivity contribution in [3.05, 3.63) is 4.91 Å². The maximum absolute atomic E-state index is 10.7. The highest BCUT2D eigenvalue weighted by atomic mass is 16.3. The molecule has 0 aromatic rings. The third-order valence-electron chi connectivity index (χ3n) is 1.28. The fourth-order valence-corrected chi connectivity index (χ4v) is 0.785. The molecule has 0 aromatic carbocycles. The number of amides is 1. The molecule has 2 N–H and O–H groups in total. The predicted molar refractivity (Wildman–Crippen MR) is 43.1 cm³/mol. The topological polar surface area (TPSA) is 97.2 Å². The molecule has 0 saturated heterocycles. The van der Waals surface area contributed by atoms with Gasteiger partial charge < -0.3 is 5.84 Å². The SMILES string of the molecule is CC(C)C[C@H](N=NN)C(=O)N=O. The first-order chi connectivity index (χ1) is 5.61. The molecule has 6 nitrogen and oxygen atoms in total. The lowest BCUT2D eigenvalue weighted by molar-refractivity contribution is -0.119. The van der Waals surface area contributed by atoms with E-state index in [2.05, 4.69) is 15.5 Å². The summed E-state index contributed by atoms with van der Waals surface area (Å²) in [5, 5.41) is 8.62. The van der Waals surface area contributed by atoms with Crippen LogP contribution in [0.5, 0.6) is 0 Å². The highest BCUT2D eigenvalue weighted by molar-refractivity contribution is 5.82. The van der Waals surface area contributed by atoms with Crippen molar-refractivity contribution in [1.29, 1.82) is 0 Å². The van der Waals surface area contributed by atoms with Gasteiger partial charge in [0.2, 0.25) is 0 Å². The maximum atomic E-state index is 10.7. The van der Waals surface area contributed by atoms with E-state index in [1.165, 1.54) is 0 Å². The minimum absolute atomic E-state index is 0.242. The molecule has 0 bridgehead atoms. The molecule has 6 heteroatoms. The van der Waals surface area contributed by atoms with Gasteiger partial charge >= 0.3 is 5.91 Å². The first-order valence-corrected chi connectivity index (χ1v) is 3.59. The number of carbonyl (C=O) groups is 1. The van der Waals surface area contributed by atoms with Gasteiger partial charge in [-0.25, -0.2) is 0 Å². The molecule has 0 rings (SSSR count). The summed E-state index contributed by atoms with van der Waals surface area (Å²) in [4.78, 5) is 20.6. The van der Waals surface area contributed by atoms with Crippen molar-refractivity contribution in [2.75, 3.05) is 0 Å². The van der Waals surface area contributed by atoms with Gasteiger partial charge in [-0.15, -0.1) is 4.91 Å². The van der Waals surface area contributed by atoms with Crippen LogP contribution in [0, 0.1) is 10.8 Å². The van der Waals surface area contributed by atoms with Gasteiger partial charge in [0.25, 0.3) is 0 Å². The average Bonchev–Trinajstić information content (AvgIpc) is 2.01. The summed E-state index contributed by atoms with van der Waals surface area (Å²) in [6.07, 6.45) is 0.436. The molecule has 0 aliphatic rings. The van der Waals surface area contributed by atoms with Crippen LogP contribution in [0.25, 0.3) is 0 Å². The molecule has 0 radical (unpaired) electrons. The second-order valence-electron chi connectivity index (χ2n) is 2.81. The summed E-state index contributed by atoms with van der Waals surface area (Å²) in [7, 11) is 0. The van der Waals surface area contributed by atoms with Crippen molar-refractivity contribution in [3.8, 4) is 0 Å². The summed E-state index contributed by atoms with van der Waals surface area (Å²) in [6, 6.07) is -0.813. The lowest BCUT2D eigenvalue weighted by Gasteiger charge is -2.06. The van der Waals surface area contributed by atoms with Crippen LogP contribution in [0.2, 0.25) is 0 Å². The Bertz CT molecular complexity index is 190. The van der Waals surface area contributed by atoms with Crippen molar-refractivity contribution >= 4 is 5.91 Å². The largest absolute Gasteiger partial charge is 0.312 e. The second kappa shape index (κ2) is 5.34. The predicted octanol–water partition coefficient (Wildman–Crippen LogP) is 1.02. The van der Waals surface area contributed by atoms with Gasteiger partial charge in [-0.2, -0.15) is 5.11 Å². The zero-order valence-corrected chi connectivity index (χ0v) is 7.10. The number of hydrogen-bond acceptors (Lipinski definition) is 4. The summed E-state index contributed by atoms with van der Waals surface area (Å²) in [5.74, 6) is 4.18. The summed E-state index contributed by atoms with van der Waals surface area (Å²) in [6.45, 7) is 3.80. The van der Waals surface area contributed by atoms with Crippen LogP contribution in [0.4, 0.5) is 0 Å². The number of hydrogen-bond donors (Lipinski definition) is 1. The van der Waals surface area contributed by atoms with Crippen molar-refractivity contribution in [2.24, 2.45) is 27.3 Å². The smallest absolute Gasteiger partial charge is 0.305 e. The summed E-state index contributed by atoms with van der Waals surface area (Å²) < 4.78 is 0. The number of nitrogens with zero attached hydrogens (tertiary/aromatic N) is 3. The van der Waals surface area contributed by atoms with Crippen LogP contribution in [0.3, 0.4) is 0 Å². The van der Waals surface area contributed by atoms with E-state index in [4.69, 9.17) is 5.84 Å². The molecule has 0 fully saturated rings. The zero-order chi connectivity index (χ0) is 9.56. The lowest BCUT2D eigenvalue weighted by atomic mass is 10.0. The van der Waals surface area contributed by atoms with Crippen molar-refractivity contribution in [2.45, 2.75) is 26.3 Å². The first kappa shape index (κ1) is 10.7. The molecule has 12 heavy (non-hydrogen) atoms. The summed E-state index contributed by atoms with van der Waals surface area (Å²) in [5.41, 5.74) is 0. The fourth-order valence-electron chi connectivity index (χ4n) is 0.785. The van der Waals surface area contributed by atoms with E-state index >= 15 is 0 Å². The molecule has 0 aliphatic heterocycles. The van der Waals surface area contributed by atoms with Crippen LogP contribution >= 0.6 is 0 Å². The third-order valence-corrected chi connectivity index (χ3v) is 1.28. The monoisotopic (exact) mass is 172 g/mol. The summed E-state index contributed by atoms with van der Waals surface area (Å²) >= 11 is 0. The Kier molecular flexibility index (Phi) is 4.75. The Labute approximate surface area is 70.2 Å². The van der Waals surface area contributed by atoms with Gasteiger partial charge in [0.1, 0.15) is 0 Å². The number of carbonyl (C=O) groups excluding carboxylic acids is 1. The molecule has 68 valence electrons. The number of rotatable bonds is 4. The standard InChI is InChI=1S/C6H12N4O2/c1-4(2)3-5(8-10-7)6(11)9-12/h4-5H,3H2,1-2H3,(H2,7,8)/t5-/m0/s1. The highest BCUT2D eigenvalue weighted by Crippen LogP contribution is 2.09. The van der Waals surface area contributed by atoms with Crippen molar-refractivity contribution in [1.82, 2.24) is 0 Å². The van der Waals surface area contributed by atoms with E-state index in [-0.39, 0.29) is 5.92 Å². The van der Waals surface area contributed by atoms with Crippen LogP contribution in [0.1, 0.15) is 20.3 Å². The molecule has 0 heterocycles. The number of nitrogens with two attached hydrogens (primary N) is 1. The molecular weight excluding hydrogens is 160 g/mol. The zero-order valence-electron chi connectivity index (χ0n) is 7.10. The lowest BCUT2D eigenvalue weighted by Crippen LogP contribution is -2.18. The maximum Gasteiger partial charge on any atom is 0.312 e. The minimum Gasteiger partial charge on any atom is -0.305 e. The van der Waals surface area contributed by atoms with E-state index in [1.807, 2.05) is 13.8 Å². The Morgan fingerprint density at radius 1 is 1.50 bits per heavy atom. The molecule has 0 saturated carbocycles. The van der Waals surface area contributed by atoms with Crippen LogP contribution in [-0.2, 0) is 4.79 Å². The van der Waals surface area contributed by atoms with Gasteiger partial charge in [-0.3, -0.25) is 4.79 Å². The van der Waals surface area contributed by atoms with Gasteiger partial charge in [0.05, 0.1) is 0 Å². The van der Waals surface area contributed by atoms with Gasteiger partial charge in [0, 0.05) is 5.18 Å². The van der Waals surface area contributed by atoms with Crippen LogP contribution in [0.15, 0.2) is 15.5 Å². The first-order valence-electron chi connectivity index (χ1n) is 3.59. The molecule has 1 amide bonds. The Morgan fingerprint density at radius 3 is 2.42 bits per heavy atom.